The van der Waals surface area contributed by atoms with Crippen LogP contribution in [0.4, 0.5) is 10.5 Å². The molecule has 5 heteroatoms. The van der Waals surface area contributed by atoms with E-state index in [2.05, 4.69) is 16.7 Å². The molecule has 118 valence electrons. The Hall–Kier alpha value is -1.75. The van der Waals surface area contributed by atoms with Crippen molar-refractivity contribution < 1.29 is 9.90 Å². The van der Waals surface area contributed by atoms with E-state index in [0.717, 1.165) is 17.7 Å². The van der Waals surface area contributed by atoms with Crippen LogP contribution < -0.4 is 15.5 Å². The van der Waals surface area contributed by atoms with Gasteiger partial charge >= 0.3 is 6.03 Å². The molecule has 0 saturated carbocycles. The SMILES string of the molecule is CCCC(O)CNC(=O)NCc1ccc(C)cc1N(C)C. The largest absolute Gasteiger partial charge is 0.391 e. The van der Waals surface area contributed by atoms with E-state index in [-0.39, 0.29) is 12.6 Å². The van der Waals surface area contributed by atoms with Crippen LogP contribution in [-0.2, 0) is 6.54 Å². The van der Waals surface area contributed by atoms with Crippen molar-refractivity contribution in [1.29, 1.82) is 0 Å². The molecule has 1 aromatic carbocycles. The van der Waals surface area contributed by atoms with Gasteiger partial charge in [0.15, 0.2) is 0 Å². The first kappa shape index (κ1) is 17.3. The van der Waals surface area contributed by atoms with Crippen molar-refractivity contribution in [1.82, 2.24) is 10.6 Å². The molecule has 0 heterocycles. The molecule has 21 heavy (non-hydrogen) atoms. The summed E-state index contributed by atoms with van der Waals surface area (Å²) in [7, 11) is 3.97. The lowest BCUT2D eigenvalue weighted by Gasteiger charge is -2.19. The maximum absolute atomic E-state index is 11.7. The van der Waals surface area contributed by atoms with Crippen LogP contribution in [0.1, 0.15) is 30.9 Å². The molecule has 2 amide bonds. The molecule has 0 fully saturated rings. The standard InChI is InChI=1S/C16H27N3O2/c1-5-6-14(20)11-18-16(21)17-10-13-8-7-12(2)9-15(13)19(3)4/h7-9,14,20H,5-6,10-11H2,1-4H3,(H2,17,18,21). The second kappa shape index (κ2) is 8.52. The third-order valence-electron chi connectivity index (χ3n) is 3.28. The molecule has 1 rings (SSSR count). The summed E-state index contributed by atoms with van der Waals surface area (Å²) in [5.41, 5.74) is 3.35. The Balaban J connectivity index is 2.50. The molecule has 1 unspecified atom stereocenters. The molecule has 0 aliphatic rings. The number of hydrogen-bond acceptors (Lipinski definition) is 3. The van der Waals surface area contributed by atoms with Crippen LogP contribution >= 0.6 is 0 Å². The number of carbonyl (C=O) groups is 1. The minimum Gasteiger partial charge on any atom is -0.391 e. The summed E-state index contributed by atoms with van der Waals surface area (Å²) in [6.07, 6.45) is 1.13. The number of aliphatic hydroxyl groups is 1. The van der Waals surface area contributed by atoms with Gasteiger partial charge in [0.05, 0.1) is 6.10 Å². The maximum Gasteiger partial charge on any atom is 0.315 e. The van der Waals surface area contributed by atoms with Gasteiger partial charge in [0, 0.05) is 32.9 Å². The van der Waals surface area contributed by atoms with E-state index in [1.807, 2.05) is 45.0 Å². The van der Waals surface area contributed by atoms with Crippen LogP contribution in [0.15, 0.2) is 18.2 Å². The number of benzene rings is 1. The molecular weight excluding hydrogens is 266 g/mol. The Morgan fingerprint density at radius 2 is 2.05 bits per heavy atom. The van der Waals surface area contributed by atoms with E-state index in [1.165, 1.54) is 5.56 Å². The zero-order chi connectivity index (χ0) is 15.8. The van der Waals surface area contributed by atoms with E-state index >= 15 is 0 Å². The summed E-state index contributed by atoms with van der Waals surface area (Å²) in [6.45, 7) is 4.80. The van der Waals surface area contributed by atoms with Gasteiger partial charge in [0.2, 0.25) is 0 Å². The summed E-state index contributed by atoms with van der Waals surface area (Å²) < 4.78 is 0. The second-order valence-corrected chi connectivity index (χ2v) is 5.53. The quantitative estimate of drug-likeness (QED) is 0.720. The minimum atomic E-state index is -0.475. The Kier molecular flexibility index (Phi) is 7.02. The van der Waals surface area contributed by atoms with Gasteiger partial charge in [-0.25, -0.2) is 4.79 Å². The number of nitrogens with one attached hydrogen (secondary N) is 2. The third kappa shape index (κ3) is 6.04. The van der Waals surface area contributed by atoms with Crippen molar-refractivity contribution in [3.8, 4) is 0 Å². The van der Waals surface area contributed by atoms with E-state index in [1.54, 1.807) is 0 Å². The summed E-state index contributed by atoms with van der Waals surface area (Å²) in [5.74, 6) is 0. The summed E-state index contributed by atoms with van der Waals surface area (Å²) >= 11 is 0. The number of aryl methyl sites for hydroxylation is 1. The molecule has 5 nitrogen and oxygen atoms in total. The second-order valence-electron chi connectivity index (χ2n) is 5.53. The zero-order valence-electron chi connectivity index (χ0n) is 13.4. The lowest BCUT2D eigenvalue weighted by Crippen LogP contribution is -2.39. The third-order valence-corrected chi connectivity index (χ3v) is 3.28. The van der Waals surface area contributed by atoms with Crippen molar-refractivity contribution in [3.63, 3.8) is 0 Å². The Morgan fingerprint density at radius 3 is 2.67 bits per heavy atom. The van der Waals surface area contributed by atoms with Crippen LogP contribution in [0.3, 0.4) is 0 Å². The molecule has 0 aliphatic carbocycles. The molecule has 0 bridgehead atoms. The highest BCUT2D eigenvalue weighted by atomic mass is 16.3. The minimum absolute atomic E-state index is 0.254. The number of nitrogens with zero attached hydrogens (tertiary/aromatic N) is 1. The summed E-state index contributed by atoms with van der Waals surface area (Å²) in [6, 6.07) is 5.90. The van der Waals surface area contributed by atoms with Crippen molar-refractivity contribution in [3.05, 3.63) is 29.3 Å². The molecule has 1 atom stereocenters. The van der Waals surface area contributed by atoms with Gasteiger partial charge in [-0.2, -0.15) is 0 Å². The highest BCUT2D eigenvalue weighted by Gasteiger charge is 2.08. The predicted molar refractivity (Wildman–Crippen MR) is 86.7 cm³/mol. The van der Waals surface area contributed by atoms with Crippen molar-refractivity contribution in [2.45, 2.75) is 39.3 Å². The number of anilines is 1. The molecule has 0 radical (unpaired) electrons. The van der Waals surface area contributed by atoms with Crippen LogP contribution in [-0.4, -0.2) is 37.9 Å². The normalized spacial score (nSPS) is 11.9. The van der Waals surface area contributed by atoms with Crippen molar-refractivity contribution in [2.24, 2.45) is 0 Å². The smallest absolute Gasteiger partial charge is 0.315 e. The number of rotatable bonds is 7. The van der Waals surface area contributed by atoms with E-state index < -0.39 is 6.10 Å². The van der Waals surface area contributed by atoms with Gasteiger partial charge in [0.25, 0.3) is 0 Å². The van der Waals surface area contributed by atoms with Gasteiger partial charge in [-0.1, -0.05) is 25.5 Å². The zero-order valence-corrected chi connectivity index (χ0v) is 13.4. The highest BCUT2D eigenvalue weighted by Crippen LogP contribution is 2.20. The van der Waals surface area contributed by atoms with Gasteiger partial charge in [-0.05, 0) is 30.5 Å². The number of aliphatic hydroxyl groups excluding tert-OH is 1. The average Bonchev–Trinajstić information content (AvgIpc) is 2.44. The average molecular weight is 293 g/mol. The van der Waals surface area contributed by atoms with Crippen LogP contribution in [0.5, 0.6) is 0 Å². The van der Waals surface area contributed by atoms with Gasteiger partial charge < -0.3 is 20.6 Å². The molecule has 3 N–H and O–H groups in total. The first-order valence-corrected chi connectivity index (χ1v) is 7.40. The Morgan fingerprint density at radius 1 is 1.33 bits per heavy atom. The van der Waals surface area contributed by atoms with Crippen LogP contribution in [0, 0.1) is 6.92 Å². The van der Waals surface area contributed by atoms with E-state index in [0.29, 0.717) is 13.0 Å². The highest BCUT2D eigenvalue weighted by molar-refractivity contribution is 5.74. The molecule has 0 aromatic heterocycles. The number of hydrogen-bond donors (Lipinski definition) is 3. The van der Waals surface area contributed by atoms with Gasteiger partial charge in [-0.3, -0.25) is 0 Å². The topological polar surface area (TPSA) is 64.6 Å². The van der Waals surface area contributed by atoms with Crippen molar-refractivity contribution in [2.75, 3.05) is 25.5 Å². The number of amides is 2. The van der Waals surface area contributed by atoms with Crippen molar-refractivity contribution >= 4 is 11.7 Å². The summed E-state index contributed by atoms with van der Waals surface area (Å²) in [4.78, 5) is 13.8. The maximum atomic E-state index is 11.7. The fraction of sp³-hybridized carbons (Fsp3) is 0.562. The fourth-order valence-electron chi connectivity index (χ4n) is 2.12. The fourth-order valence-corrected chi connectivity index (χ4v) is 2.12. The monoisotopic (exact) mass is 293 g/mol. The molecule has 0 saturated heterocycles. The Bertz CT molecular complexity index is 461. The number of carbonyl (C=O) groups excluding carboxylic acids is 1. The van der Waals surface area contributed by atoms with Gasteiger partial charge in [0.1, 0.15) is 0 Å². The predicted octanol–water partition coefficient (Wildman–Crippen LogP) is 2.02. The number of urea groups is 1. The molecular formula is C16H27N3O2. The molecule has 0 spiro atoms. The van der Waals surface area contributed by atoms with E-state index in [9.17, 15) is 9.90 Å². The Labute approximate surface area is 127 Å². The lowest BCUT2D eigenvalue weighted by atomic mass is 10.1. The van der Waals surface area contributed by atoms with E-state index in [4.69, 9.17) is 0 Å². The summed E-state index contributed by atoms with van der Waals surface area (Å²) in [5, 5.41) is 15.1. The molecule has 1 aromatic rings. The van der Waals surface area contributed by atoms with Crippen LogP contribution in [0.25, 0.3) is 0 Å². The molecule has 0 aliphatic heterocycles. The lowest BCUT2D eigenvalue weighted by molar-refractivity contribution is 0.160. The first-order chi connectivity index (χ1) is 9.93. The first-order valence-electron chi connectivity index (χ1n) is 7.40. The van der Waals surface area contributed by atoms with Crippen LogP contribution in [0.2, 0.25) is 0 Å². The van der Waals surface area contributed by atoms with Gasteiger partial charge in [-0.15, -0.1) is 0 Å².